The number of hydrogen-bond donors (Lipinski definition) is 2. The van der Waals surface area contributed by atoms with E-state index in [0.29, 0.717) is 5.95 Å². The van der Waals surface area contributed by atoms with Crippen molar-refractivity contribution in [1.29, 1.82) is 0 Å². The Balaban J connectivity index is 1.70. The van der Waals surface area contributed by atoms with Crippen molar-refractivity contribution < 1.29 is 9.53 Å². The fraction of sp³-hybridized carbons (Fsp3) is 0.318. The number of nitrogens with one attached hydrogen (secondary N) is 2. The van der Waals surface area contributed by atoms with Crippen LogP contribution < -0.4 is 15.4 Å². The molecule has 4 rings (SSSR count). The van der Waals surface area contributed by atoms with Crippen LogP contribution in [0.2, 0.25) is 0 Å². The summed E-state index contributed by atoms with van der Waals surface area (Å²) < 4.78 is 5.63. The van der Waals surface area contributed by atoms with E-state index in [1.807, 2.05) is 56.4 Å². The Morgan fingerprint density at radius 3 is 2.75 bits per heavy atom. The number of carbonyl (C=O) groups is 1. The Labute approximate surface area is 164 Å². The number of nitrogens with zero attached hydrogens (tertiary/aromatic N) is 2. The van der Waals surface area contributed by atoms with Gasteiger partial charge in [0.05, 0.1) is 12.6 Å². The van der Waals surface area contributed by atoms with Crippen molar-refractivity contribution in [2.75, 3.05) is 17.7 Å². The first-order chi connectivity index (χ1) is 13.5. The Kier molecular flexibility index (Phi) is 4.86. The molecule has 6 nitrogen and oxygen atoms in total. The summed E-state index contributed by atoms with van der Waals surface area (Å²) >= 11 is 0. The lowest BCUT2D eigenvalue weighted by atomic mass is 10.0. The van der Waals surface area contributed by atoms with Crippen LogP contribution in [0.1, 0.15) is 26.7 Å². The van der Waals surface area contributed by atoms with Gasteiger partial charge in [-0.05, 0) is 50.5 Å². The molecule has 0 aliphatic heterocycles. The van der Waals surface area contributed by atoms with Crippen LogP contribution in [0.4, 0.5) is 11.6 Å². The van der Waals surface area contributed by atoms with Gasteiger partial charge in [-0.2, -0.15) is 0 Å². The number of ether oxygens (including phenoxy) is 1. The van der Waals surface area contributed by atoms with Gasteiger partial charge in [0.1, 0.15) is 5.75 Å². The smallest absolute Gasteiger partial charge is 0.227 e. The zero-order valence-corrected chi connectivity index (χ0v) is 16.3. The van der Waals surface area contributed by atoms with Gasteiger partial charge in [0.15, 0.2) is 0 Å². The van der Waals surface area contributed by atoms with E-state index in [4.69, 9.17) is 4.74 Å². The summed E-state index contributed by atoms with van der Waals surface area (Å²) in [5, 5.41) is 7.15. The SMILES string of the molecule is COc1cc2nc(NC(C)C)ncc2cc1-c1cccc(NC(=O)C2CC2)c1. The second-order valence-electron chi connectivity index (χ2n) is 7.45. The topological polar surface area (TPSA) is 76.1 Å². The molecule has 0 atom stereocenters. The molecule has 3 aromatic rings. The third kappa shape index (κ3) is 3.91. The van der Waals surface area contributed by atoms with Crippen LogP contribution in [0.25, 0.3) is 22.0 Å². The fourth-order valence-electron chi connectivity index (χ4n) is 3.14. The number of anilines is 2. The van der Waals surface area contributed by atoms with Gasteiger partial charge in [0.25, 0.3) is 0 Å². The molecule has 0 bridgehead atoms. The number of methoxy groups -OCH3 is 1. The summed E-state index contributed by atoms with van der Waals surface area (Å²) in [6.45, 7) is 4.10. The van der Waals surface area contributed by atoms with Crippen LogP contribution in [0, 0.1) is 5.92 Å². The van der Waals surface area contributed by atoms with E-state index in [-0.39, 0.29) is 17.9 Å². The summed E-state index contributed by atoms with van der Waals surface area (Å²) in [6, 6.07) is 12.0. The number of rotatable bonds is 6. The number of carbonyl (C=O) groups excluding carboxylic acids is 1. The maximum absolute atomic E-state index is 12.1. The molecule has 1 saturated carbocycles. The van der Waals surface area contributed by atoms with Gasteiger partial charge < -0.3 is 15.4 Å². The zero-order valence-electron chi connectivity index (χ0n) is 16.3. The van der Waals surface area contributed by atoms with Crippen LogP contribution in [0.5, 0.6) is 5.75 Å². The van der Waals surface area contributed by atoms with E-state index in [2.05, 4.69) is 20.6 Å². The standard InChI is InChI=1S/C22H24N4O2/c1-13(2)24-22-23-12-16-10-18(20(28-3)11-19(16)26-22)15-5-4-6-17(9-15)25-21(27)14-7-8-14/h4-6,9-14H,7-8H2,1-3H3,(H,25,27)(H,23,24,26). The molecule has 1 amide bonds. The quantitative estimate of drug-likeness (QED) is 0.664. The van der Waals surface area contributed by atoms with E-state index < -0.39 is 0 Å². The first kappa shape index (κ1) is 18.2. The average molecular weight is 376 g/mol. The molecule has 1 heterocycles. The van der Waals surface area contributed by atoms with Gasteiger partial charge >= 0.3 is 0 Å². The molecule has 1 aliphatic rings. The van der Waals surface area contributed by atoms with Crippen molar-refractivity contribution in [2.45, 2.75) is 32.7 Å². The van der Waals surface area contributed by atoms with Gasteiger partial charge in [-0.25, -0.2) is 9.97 Å². The van der Waals surface area contributed by atoms with Gasteiger partial charge in [-0.15, -0.1) is 0 Å². The van der Waals surface area contributed by atoms with E-state index in [0.717, 1.165) is 46.3 Å². The van der Waals surface area contributed by atoms with Gasteiger partial charge in [0, 0.05) is 40.9 Å². The zero-order chi connectivity index (χ0) is 19.7. The third-order valence-electron chi connectivity index (χ3n) is 4.71. The Morgan fingerprint density at radius 1 is 1.21 bits per heavy atom. The molecule has 0 radical (unpaired) electrons. The number of benzene rings is 2. The molecule has 1 fully saturated rings. The van der Waals surface area contributed by atoms with Gasteiger partial charge in [-0.3, -0.25) is 4.79 Å². The van der Waals surface area contributed by atoms with Crippen LogP contribution in [-0.4, -0.2) is 29.0 Å². The molecule has 0 saturated heterocycles. The maximum atomic E-state index is 12.1. The highest BCUT2D eigenvalue weighted by Gasteiger charge is 2.29. The maximum Gasteiger partial charge on any atom is 0.227 e. The molecule has 1 aliphatic carbocycles. The van der Waals surface area contributed by atoms with Crippen molar-refractivity contribution in [2.24, 2.45) is 5.92 Å². The minimum atomic E-state index is 0.0983. The molecule has 2 aromatic carbocycles. The first-order valence-electron chi connectivity index (χ1n) is 9.56. The van der Waals surface area contributed by atoms with E-state index in [1.54, 1.807) is 7.11 Å². The lowest BCUT2D eigenvalue weighted by Crippen LogP contribution is -2.13. The number of hydrogen-bond acceptors (Lipinski definition) is 5. The van der Waals surface area contributed by atoms with E-state index in [9.17, 15) is 4.79 Å². The average Bonchev–Trinajstić information content (AvgIpc) is 3.52. The van der Waals surface area contributed by atoms with Gasteiger partial charge in [-0.1, -0.05) is 12.1 Å². The molecule has 6 heteroatoms. The number of fused-ring (bicyclic) bond motifs is 1. The number of aromatic nitrogens is 2. The summed E-state index contributed by atoms with van der Waals surface area (Å²) in [5.74, 6) is 1.60. The van der Waals surface area contributed by atoms with Crippen molar-refractivity contribution in [3.63, 3.8) is 0 Å². The van der Waals surface area contributed by atoms with Crippen LogP contribution >= 0.6 is 0 Å². The second kappa shape index (κ2) is 7.46. The lowest BCUT2D eigenvalue weighted by Gasteiger charge is -2.13. The van der Waals surface area contributed by atoms with E-state index >= 15 is 0 Å². The molecule has 1 aromatic heterocycles. The second-order valence-corrected chi connectivity index (χ2v) is 7.45. The Hall–Kier alpha value is -3.15. The minimum Gasteiger partial charge on any atom is -0.496 e. The van der Waals surface area contributed by atoms with E-state index in [1.165, 1.54) is 0 Å². The molecule has 144 valence electrons. The molecular weight excluding hydrogens is 352 g/mol. The predicted molar refractivity (Wildman–Crippen MR) is 112 cm³/mol. The summed E-state index contributed by atoms with van der Waals surface area (Å²) in [6.07, 6.45) is 3.78. The number of amides is 1. The molecule has 28 heavy (non-hydrogen) atoms. The van der Waals surface area contributed by atoms with Crippen molar-refractivity contribution in [3.05, 3.63) is 42.6 Å². The van der Waals surface area contributed by atoms with Crippen LogP contribution in [-0.2, 0) is 4.79 Å². The van der Waals surface area contributed by atoms with Gasteiger partial charge in [0.2, 0.25) is 11.9 Å². The highest BCUT2D eigenvalue weighted by molar-refractivity contribution is 5.95. The largest absolute Gasteiger partial charge is 0.496 e. The third-order valence-corrected chi connectivity index (χ3v) is 4.71. The Morgan fingerprint density at radius 2 is 2.04 bits per heavy atom. The van der Waals surface area contributed by atoms with Crippen molar-refractivity contribution >= 4 is 28.4 Å². The van der Waals surface area contributed by atoms with Crippen LogP contribution in [0.15, 0.2) is 42.6 Å². The highest BCUT2D eigenvalue weighted by atomic mass is 16.5. The molecule has 2 N–H and O–H groups in total. The summed E-state index contributed by atoms with van der Waals surface area (Å²) in [5.41, 5.74) is 3.52. The first-order valence-corrected chi connectivity index (χ1v) is 9.56. The highest BCUT2D eigenvalue weighted by Crippen LogP contribution is 2.35. The van der Waals surface area contributed by atoms with Crippen LogP contribution in [0.3, 0.4) is 0 Å². The molecule has 0 spiro atoms. The Bertz CT molecular complexity index is 1030. The normalized spacial score (nSPS) is 13.6. The monoisotopic (exact) mass is 376 g/mol. The summed E-state index contributed by atoms with van der Waals surface area (Å²) in [7, 11) is 1.65. The molecular formula is C22H24N4O2. The minimum absolute atomic E-state index is 0.0983. The van der Waals surface area contributed by atoms with Crippen molar-refractivity contribution in [1.82, 2.24) is 9.97 Å². The summed E-state index contributed by atoms with van der Waals surface area (Å²) in [4.78, 5) is 21.1. The molecule has 0 unspecified atom stereocenters. The lowest BCUT2D eigenvalue weighted by molar-refractivity contribution is -0.117. The fourth-order valence-corrected chi connectivity index (χ4v) is 3.14. The van der Waals surface area contributed by atoms with Crippen molar-refractivity contribution in [3.8, 4) is 16.9 Å². The predicted octanol–water partition coefficient (Wildman–Crippen LogP) is 4.47.